The molecule has 3 rings (SSSR count). The molecular formula is C19H17N3O2. The first kappa shape index (κ1) is 15.7. The zero-order chi connectivity index (χ0) is 16.8. The maximum absolute atomic E-state index is 12.1. The number of hydrogen-bond acceptors (Lipinski definition) is 3. The molecule has 0 saturated carbocycles. The van der Waals surface area contributed by atoms with Crippen LogP contribution in [0.5, 0.6) is 0 Å². The van der Waals surface area contributed by atoms with Gasteiger partial charge < -0.3 is 0 Å². The van der Waals surface area contributed by atoms with E-state index in [9.17, 15) is 9.59 Å². The van der Waals surface area contributed by atoms with E-state index in [0.717, 1.165) is 22.0 Å². The number of pyridine rings is 1. The first-order valence-corrected chi connectivity index (χ1v) is 7.66. The highest BCUT2D eigenvalue weighted by Gasteiger charge is 2.09. The standard InChI is InChI=1S/C19H17N3O2/c23-17(12-14-6-2-1-3-7-14)21-22-18(24)13-16-9-4-8-15-10-5-11-20-19(15)16/h1-11H,12-13H2,(H,21,23)(H,22,24). The summed E-state index contributed by atoms with van der Waals surface area (Å²) in [6.45, 7) is 0. The highest BCUT2D eigenvalue weighted by Crippen LogP contribution is 2.16. The molecule has 3 aromatic rings. The van der Waals surface area contributed by atoms with E-state index in [-0.39, 0.29) is 24.7 Å². The van der Waals surface area contributed by atoms with E-state index in [2.05, 4.69) is 15.8 Å². The number of hydrogen-bond donors (Lipinski definition) is 2. The van der Waals surface area contributed by atoms with Crippen LogP contribution in [0.4, 0.5) is 0 Å². The van der Waals surface area contributed by atoms with Crippen molar-refractivity contribution in [2.24, 2.45) is 0 Å². The molecule has 0 bridgehead atoms. The zero-order valence-corrected chi connectivity index (χ0v) is 13.0. The lowest BCUT2D eigenvalue weighted by Gasteiger charge is -2.09. The van der Waals surface area contributed by atoms with Gasteiger partial charge in [-0.15, -0.1) is 0 Å². The molecular weight excluding hydrogens is 302 g/mol. The Bertz CT molecular complexity index is 857. The van der Waals surface area contributed by atoms with Crippen LogP contribution in [-0.4, -0.2) is 16.8 Å². The minimum absolute atomic E-state index is 0.153. The molecule has 0 atom stereocenters. The molecule has 2 N–H and O–H groups in total. The van der Waals surface area contributed by atoms with Crippen LogP contribution in [0.3, 0.4) is 0 Å². The summed E-state index contributed by atoms with van der Waals surface area (Å²) in [4.78, 5) is 28.2. The van der Waals surface area contributed by atoms with Crippen LogP contribution in [0, 0.1) is 0 Å². The SMILES string of the molecule is O=C(Cc1ccccc1)NNC(=O)Cc1cccc2cccnc12. The molecule has 0 radical (unpaired) electrons. The van der Waals surface area contributed by atoms with Crippen molar-refractivity contribution in [3.63, 3.8) is 0 Å². The molecule has 2 amide bonds. The van der Waals surface area contributed by atoms with Crippen molar-refractivity contribution in [3.05, 3.63) is 78.0 Å². The molecule has 1 aromatic heterocycles. The predicted octanol–water partition coefficient (Wildman–Crippen LogP) is 2.17. The summed E-state index contributed by atoms with van der Waals surface area (Å²) < 4.78 is 0. The van der Waals surface area contributed by atoms with E-state index in [0.29, 0.717) is 0 Å². The van der Waals surface area contributed by atoms with Crippen LogP contribution in [0.15, 0.2) is 66.9 Å². The van der Waals surface area contributed by atoms with E-state index in [4.69, 9.17) is 0 Å². The van der Waals surface area contributed by atoms with Crippen molar-refractivity contribution >= 4 is 22.7 Å². The molecule has 0 aliphatic carbocycles. The number of fused-ring (bicyclic) bond motifs is 1. The van der Waals surface area contributed by atoms with Gasteiger partial charge in [0.15, 0.2) is 0 Å². The number of hydrazine groups is 1. The molecule has 0 fully saturated rings. The van der Waals surface area contributed by atoms with E-state index in [1.807, 2.05) is 60.7 Å². The van der Waals surface area contributed by atoms with E-state index < -0.39 is 0 Å². The molecule has 0 saturated heterocycles. The minimum atomic E-state index is -0.283. The van der Waals surface area contributed by atoms with Crippen LogP contribution in [0.25, 0.3) is 10.9 Å². The normalized spacial score (nSPS) is 10.3. The van der Waals surface area contributed by atoms with E-state index in [1.54, 1.807) is 6.20 Å². The van der Waals surface area contributed by atoms with E-state index in [1.165, 1.54) is 0 Å². The van der Waals surface area contributed by atoms with Gasteiger partial charge in [-0.1, -0.05) is 54.6 Å². The van der Waals surface area contributed by atoms with Gasteiger partial charge in [0.1, 0.15) is 0 Å². The third-order valence-corrected chi connectivity index (χ3v) is 3.62. The highest BCUT2D eigenvalue weighted by molar-refractivity contribution is 5.89. The molecule has 1 heterocycles. The van der Waals surface area contributed by atoms with Crippen molar-refractivity contribution in [2.75, 3.05) is 0 Å². The Hall–Kier alpha value is -3.21. The fraction of sp³-hybridized carbons (Fsp3) is 0.105. The van der Waals surface area contributed by atoms with Gasteiger partial charge in [-0.25, -0.2) is 0 Å². The summed E-state index contributed by atoms with van der Waals surface area (Å²) in [7, 11) is 0. The fourth-order valence-electron chi connectivity index (χ4n) is 2.49. The summed E-state index contributed by atoms with van der Waals surface area (Å²) in [5, 5.41) is 0.982. The summed E-state index contributed by atoms with van der Waals surface area (Å²) in [5.41, 5.74) is 7.40. The number of benzene rings is 2. The van der Waals surface area contributed by atoms with Crippen LogP contribution < -0.4 is 10.9 Å². The Morgan fingerprint density at radius 2 is 1.50 bits per heavy atom. The van der Waals surface area contributed by atoms with Gasteiger partial charge in [0.2, 0.25) is 11.8 Å². The number of aromatic nitrogens is 1. The Kier molecular flexibility index (Phi) is 4.81. The lowest BCUT2D eigenvalue weighted by Crippen LogP contribution is -2.43. The van der Waals surface area contributed by atoms with E-state index >= 15 is 0 Å². The Morgan fingerprint density at radius 1 is 0.792 bits per heavy atom. The zero-order valence-electron chi connectivity index (χ0n) is 13.0. The maximum Gasteiger partial charge on any atom is 0.242 e. The smallest absolute Gasteiger partial charge is 0.242 e. The van der Waals surface area contributed by atoms with Gasteiger partial charge in [0, 0.05) is 11.6 Å². The first-order chi connectivity index (χ1) is 11.7. The quantitative estimate of drug-likeness (QED) is 0.724. The second-order valence-corrected chi connectivity index (χ2v) is 5.43. The average Bonchev–Trinajstić information content (AvgIpc) is 2.61. The van der Waals surface area contributed by atoms with Crippen molar-refractivity contribution in [1.82, 2.24) is 15.8 Å². The number of nitrogens with zero attached hydrogens (tertiary/aromatic N) is 1. The van der Waals surface area contributed by atoms with Gasteiger partial charge in [-0.05, 0) is 17.2 Å². The van der Waals surface area contributed by atoms with Crippen molar-refractivity contribution in [3.8, 4) is 0 Å². The van der Waals surface area contributed by atoms with Crippen LogP contribution in [-0.2, 0) is 22.4 Å². The van der Waals surface area contributed by atoms with Gasteiger partial charge in [0.05, 0.1) is 18.4 Å². The van der Waals surface area contributed by atoms with Crippen LogP contribution >= 0.6 is 0 Å². The monoisotopic (exact) mass is 319 g/mol. The number of carbonyl (C=O) groups is 2. The molecule has 0 aliphatic rings. The number of para-hydroxylation sites is 1. The number of nitrogens with one attached hydrogen (secondary N) is 2. The lowest BCUT2D eigenvalue weighted by atomic mass is 10.1. The third-order valence-electron chi connectivity index (χ3n) is 3.62. The van der Waals surface area contributed by atoms with Gasteiger partial charge in [-0.3, -0.25) is 25.4 Å². The molecule has 0 unspecified atom stereocenters. The second kappa shape index (κ2) is 7.37. The molecule has 120 valence electrons. The topological polar surface area (TPSA) is 71.1 Å². The van der Waals surface area contributed by atoms with Crippen LogP contribution in [0.1, 0.15) is 11.1 Å². The van der Waals surface area contributed by atoms with Gasteiger partial charge >= 0.3 is 0 Å². The maximum atomic E-state index is 12.1. The Labute approximate surface area is 139 Å². The molecule has 5 heteroatoms. The number of amides is 2. The molecule has 5 nitrogen and oxygen atoms in total. The molecule has 0 aliphatic heterocycles. The second-order valence-electron chi connectivity index (χ2n) is 5.43. The largest absolute Gasteiger partial charge is 0.273 e. The first-order valence-electron chi connectivity index (χ1n) is 7.66. The predicted molar refractivity (Wildman–Crippen MR) is 91.9 cm³/mol. The van der Waals surface area contributed by atoms with Crippen molar-refractivity contribution in [1.29, 1.82) is 0 Å². The highest BCUT2D eigenvalue weighted by atomic mass is 16.2. The third kappa shape index (κ3) is 3.95. The molecule has 2 aromatic carbocycles. The minimum Gasteiger partial charge on any atom is -0.273 e. The molecule has 0 spiro atoms. The number of carbonyl (C=O) groups excluding carboxylic acids is 2. The van der Waals surface area contributed by atoms with Crippen LogP contribution in [0.2, 0.25) is 0 Å². The lowest BCUT2D eigenvalue weighted by molar-refractivity contribution is -0.128. The molecule has 24 heavy (non-hydrogen) atoms. The summed E-state index contributed by atoms with van der Waals surface area (Å²) >= 11 is 0. The summed E-state index contributed by atoms with van der Waals surface area (Å²) in [6.07, 6.45) is 2.07. The van der Waals surface area contributed by atoms with Crippen molar-refractivity contribution < 1.29 is 9.59 Å². The fourth-order valence-corrected chi connectivity index (χ4v) is 2.49. The Balaban J connectivity index is 1.56. The Morgan fingerprint density at radius 3 is 2.29 bits per heavy atom. The summed E-state index contributed by atoms with van der Waals surface area (Å²) in [6, 6.07) is 18.9. The van der Waals surface area contributed by atoms with Crippen molar-refractivity contribution in [2.45, 2.75) is 12.8 Å². The average molecular weight is 319 g/mol. The van der Waals surface area contributed by atoms with Gasteiger partial charge in [-0.2, -0.15) is 0 Å². The number of rotatable bonds is 4. The van der Waals surface area contributed by atoms with Gasteiger partial charge in [0.25, 0.3) is 0 Å². The summed E-state index contributed by atoms with van der Waals surface area (Å²) in [5.74, 6) is -0.542.